The molecule has 4 aliphatic heterocycles. The lowest BCUT2D eigenvalue weighted by Crippen LogP contribution is -2.46. The number of fused-ring (bicyclic) bond motifs is 3. The number of hydrogen-bond donors (Lipinski definition) is 2. The Morgan fingerprint density at radius 2 is 1.30 bits per heavy atom. The number of nitrogens with zero attached hydrogens (tertiary/aromatic N) is 11. The van der Waals surface area contributed by atoms with E-state index >= 15 is 0 Å². The minimum atomic E-state index is -0.712. The van der Waals surface area contributed by atoms with E-state index in [1.165, 1.54) is 0 Å². The average molecular weight is 900 g/mol. The Kier molecular flexibility index (Phi) is 12.0. The van der Waals surface area contributed by atoms with Gasteiger partial charge in [-0.1, -0.05) is 12.1 Å². The molecule has 0 amide bonds. The van der Waals surface area contributed by atoms with E-state index < -0.39 is 12.2 Å². The van der Waals surface area contributed by atoms with E-state index in [0.717, 1.165) is 142 Å². The van der Waals surface area contributed by atoms with Gasteiger partial charge in [-0.3, -0.25) is 9.80 Å². The van der Waals surface area contributed by atoms with Crippen molar-refractivity contribution in [3.63, 3.8) is 0 Å². The lowest BCUT2D eigenvalue weighted by atomic mass is 10.1. The molecule has 0 bridgehead atoms. The lowest BCUT2D eigenvalue weighted by molar-refractivity contribution is 0.0399. The highest BCUT2D eigenvalue weighted by Crippen LogP contribution is 2.35. The van der Waals surface area contributed by atoms with Gasteiger partial charge in [0.25, 0.3) is 0 Å². The molecule has 2 N–H and O–H groups in total. The monoisotopic (exact) mass is 899 g/mol. The van der Waals surface area contributed by atoms with Gasteiger partial charge in [0.2, 0.25) is 0 Å². The van der Waals surface area contributed by atoms with Crippen LogP contribution in [0.5, 0.6) is 0 Å². The zero-order valence-electron chi connectivity index (χ0n) is 35.8. The topological polar surface area (TPSA) is 143 Å². The first kappa shape index (κ1) is 41.6. The standard InChI is InChI=1S/C47H53N11O4S2/c59-40(43-4-1-21-63-43)25-53-11-2-13-57(30-53)46-36-9-7-34(24-39(36)49-29-51-46)56-17-20-62-42(27-56)32-5-10-37-44(22-32)64-47(52-37)41(60)26-54-12-3-14-58(31-54)45-35-8-6-33(23-38(35)48-28-50-45)55-15-18-61-19-16-55/h1,4-10,21-24,28-29,40-42,59-60H,2-3,11-20,25-27,30-31H2. The Bertz CT molecular complexity index is 2720. The number of thiazole rings is 1. The second-order valence-electron chi connectivity index (χ2n) is 17.2. The van der Waals surface area contributed by atoms with Crippen LogP contribution in [-0.2, 0) is 9.47 Å². The van der Waals surface area contributed by atoms with Crippen molar-refractivity contribution in [3.05, 3.63) is 100 Å². The Morgan fingerprint density at radius 3 is 1.97 bits per heavy atom. The molecule has 7 aromatic rings. The van der Waals surface area contributed by atoms with Crippen LogP contribution in [0.15, 0.2) is 84.8 Å². The van der Waals surface area contributed by atoms with E-state index in [2.05, 4.69) is 89.0 Å². The fourth-order valence-electron chi connectivity index (χ4n) is 9.69. The zero-order chi connectivity index (χ0) is 43.0. The number of hydrogen-bond acceptors (Lipinski definition) is 17. The van der Waals surface area contributed by atoms with Crippen LogP contribution in [0.3, 0.4) is 0 Å². The second kappa shape index (κ2) is 18.4. The van der Waals surface area contributed by atoms with Crippen molar-refractivity contribution in [1.82, 2.24) is 34.7 Å². The molecule has 64 heavy (non-hydrogen) atoms. The number of morpholine rings is 2. The molecule has 4 fully saturated rings. The third kappa shape index (κ3) is 8.70. The molecule has 8 heterocycles. The average Bonchev–Trinajstić information content (AvgIpc) is 4.05. The van der Waals surface area contributed by atoms with E-state index in [1.807, 2.05) is 17.5 Å². The molecular formula is C47H53N11O4S2. The summed E-state index contributed by atoms with van der Waals surface area (Å²) in [7, 11) is 0. The molecule has 0 aliphatic carbocycles. The fourth-order valence-corrected chi connectivity index (χ4v) is 11.4. The molecule has 4 saturated heterocycles. The van der Waals surface area contributed by atoms with E-state index in [9.17, 15) is 10.2 Å². The minimum absolute atomic E-state index is 0.114. The quantitative estimate of drug-likeness (QED) is 0.155. The van der Waals surface area contributed by atoms with E-state index in [1.54, 1.807) is 35.3 Å². The molecule has 3 unspecified atom stereocenters. The van der Waals surface area contributed by atoms with Crippen LogP contribution in [0.2, 0.25) is 0 Å². The number of rotatable bonds is 11. The molecule has 17 heteroatoms. The van der Waals surface area contributed by atoms with E-state index in [-0.39, 0.29) is 6.10 Å². The summed E-state index contributed by atoms with van der Waals surface area (Å²) in [6.45, 7) is 11.5. The fraction of sp³-hybridized carbons (Fsp3) is 0.426. The van der Waals surface area contributed by atoms with Crippen LogP contribution in [0.1, 0.15) is 46.6 Å². The van der Waals surface area contributed by atoms with Crippen molar-refractivity contribution in [1.29, 1.82) is 0 Å². The van der Waals surface area contributed by atoms with Gasteiger partial charge < -0.3 is 39.3 Å². The van der Waals surface area contributed by atoms with Crippen LogP contribution < -0.4 is 19.6 Å². The molecule has 3 atom stereocenters. The molecule has 0 spiro atoms. The first-order chi connectivity index (χ1) is 31.5. The lowest BCUT2D eigenvalue weighted by Gasteiger charge is -2.37. The number of benzene rings is 3. The summed E-state index contributed by atoms with van der Waals surface area (Å²) in [4.78, 5) is 38.7. The summed E-state index contributed by atoms with van der Waals surface area (Å²) in [6.07, 6.45) is 4.00. The largest absolute Gasteiger partial charge is 0.386 e. The van der Waals surface area contributed by atoms with Crippen LogP contribution in [0, 0.1) is 0 Å². The van der Waals surface area contributed by atoms with Gasteiger partial charge in [-0.25, -0.2) is 24.9 Å². The van der Waals surface area contributed by atoms with Crippen molar-refractivity contribution < 1.29 is 19.7 Å². The maximum absolute atomic E-state index is 11.6. The van der Waals surface area contributed by atoms with Gasteiger partial charge in [-0.2, -0.15) is 0 Å². The molecule has 4 aliphatic rings. The number of ether oxygens (including phenoxy) is 2. The molecule has 332 valence electrons. The normalized spacial score (nSPS) is 20.4. The highest BCUT2D eigenvalue weighted by Gasteiger charge is 2.28. The zero-order valence-corrected chi connectivity index (χ0v) is 37.4. The molecule has 4 aromatic heterocycles. The van der Waals surface area contributed by atoms with Gasteiger partial charge in [0.05, 0.1) is 54.4 Å². The minimum Gasteiger partial charge on any atom is -0.386 e. The predicted molar refractivity (Wildman–Crippen MR) is 254 cm³/mol. The molecular weight excluding hydrogens is 847 g/mol. The molecule has 0 radical (unpaired) electrons. The Balaban J connectivity index is 0.735. The van der Waals surface area contributed by atoms with E-state index in [0.29, 0.717) is 39.6 Å². The number of aliphatic hydroxyl groups excluding tert-OH is 2. The van der Waals surface area contributed by atoms with Crippen molar-refractivity contribution >= 4 is 77.7 Å². The van der Waals surface area contributed by atoms with Gasteiger partial charge in [-0.05, 0) is 78.4 Å². The Morgan fingerprint density at radius 1 is 0.641 bits per heavy atom. The second-order valence-corrected chi connectivity index (χ2v) is 19.2. The van der Waals surface area contributed by atoms with Gasteiger partial charge in [0.15, 0.2) is 0 Å². The highest BCUT2D eigenvalue weighted by molar-refractivity contribution is 7.18. The maximum atomic E-state index is 11.6. The van der Waals surface area contributed by atoms with Crippen molar-refractivity contribution in [2.75, 3.05) is 118 Å². The Hall–Kier alpha value is -5.11. The third-order valence-electron chi connectivity index (χ3n) is 13.0. The van der Waals surface area contributed by atoms with Gasteiger partial charge >= 0.3 is 0 Å². The van der Waals surface area contributed by atoms with Crippen LogP contribution in [-0.4, -0.2) is 144 Å². The van der Waals surface area contributed by atoms with Crippen molar-refractivity contribution in [2.45, 2.75) is 31.2 Å². The van der Waals surface area contributed by atoms with Gasteiger partial charge in [-0.15, -0.1) is 22.7 Å². The molecule has 11 rings (SSSR count). The number of aliphatic hydroxyl groups is 2. The molecule has 0 saturated carbocycles. The van der Waals surface area contributed by atoms with Crippen LogP contribution in [0.25, 0.3) is 32.0 Å². The summed E-state index contributed by atoms with van der Waals surface area (Å²) in [5, 5.41) is 27.2. The molecule has 3 aromatic carbocycles. The number of β-amino-alcohol motifs (C(OH)–C–C–N with tert-alkyl or cyclic N) is 2. The first-order valence-electron chi connectivity index (χ1n) is 22.4. The van der Waals surface area contributed by atoms with Gasteiger partial charge in [0, 0.05) is 92.5 Å². The summed E-state index contributed by atoms with van der Waals surface area (Å²) in [5.74, 6) is 1.86. The number of thiophene rings is 1. The first-order valence-corrected chi connectivity index (χ1v) is 24.1. The summed E-state index contributed by atoms with van der Waals surface area (Å²) < 4.78 is 13.0. The Labute approximate surface area is 380 Å². The summed E-state index contributed by atoms with van der Waals surface area (Å²) in [6, 6.07) is 23.3. The van der Waals surface area contributed by atoms with Gasteiger partial charge in [0.1, 0.15) is 47.6 Å². The highest BCUT2D eigenvalue weighted by atomic mass is 32.1. The SMILES string of the molecule is OC(CN1CCCN(c2ncnc3cc(N4CCOC(c5ccc6nc(C(O)CN7CCCN(c8ncnc9cc(N%10CCOCC%10)ccc89)C7)sc6c5)C4)ccc23)C1)c1cccs1. The maximum Gasteiger partial charge on any atom is 0.140 e. The third-order valence-corrected chi connectivity index (χ3v) is 15.1. The van der Waals surface area contributed by atoms with Crippen molar-refractivity contribution in [2.24, 2.45) is 0 Å². The smallest absolute Gasteiger partial charge is 0.140 e. The van der Waals surface area contributed by atoms with Crippen molar-refractivity contribution in [3.8, 4) is 0 Å². The molecule has 15 nitrogen and oxygen atoms in total. The van der Waals surface area contributed by atoms with Crippen LogP contribution >= 0.6 is 22.7 Å². The van der Waals surface area contributed by atoms with E-state index in [4.69, 9.17) is 29.4 Å². The number of anilines is 4. The summed E-state index contributed by atoms with van der Waals surface area (Å²) >= 11 is 3.16. The predicted octanol–water partition coefficient (Wildman–Crippen LogP) is 6.07. The summed E-state index contributed by atoms with van der Waals surface area (Å²) in [5.41, 5.74) is 6.12. The number of aromatic nitrogens is 5. The van der Waals surface area contributed by atoms with Crippen LogP contribution in [0.4, 0.5) is 23.0 Å².